The molecule has 1 N–H and O–H groups in total. The molecule has 0 spiro atoms. The molecular weight excluding hydrogens is 482 g/mol. The van der Waals surface area contributed by atoms with Crippen LogP contribution < -0.4 is 5.32 Å². The third kappa shape index (κ3) is 6.82. The second-order valence-corrected chi connectivity index (χ2v) is 9.36. The molecule has 35 heavy (non-hydrogen) atoms. The fourth-order valence-corrected chi connectivity index (χ4v) is 4.32. The summed E-state index contributed by atoms with van der Waals surface area (Å²) in [6.45, 7) is 0.328. The van der Waals surface area contributed by atoms with Crippen LogP contribution in [0.2, 0.25) is 0 Å². The van der Waals surface area contributed by atoms with Gasteiger partial charge in [-0.3, -0.25) is 4.79 Å². The molecule has 1 heterocycles. The van der Waals surface area contributed by atoms with Gasteiger partial charge in [-0.1, -0.05) is 24.3 Å². The number of hydrogen-bond acceptors (Lipinski definition) is 3. The maximum absolute atomic E-state index is 13.3. The number of urea groups is 1. The van der Waals surface area contributed by atoms with Crippen LogP contribution in [-0.4, -0.2) is 34.3 Å². The minimum absolute atomic E-state index is 0.00433. The molecule has 0 unspecified atom stereocenters. The number of hydrogen-bond donors (Lipinski definition) is 1. The van der Waals surface area contributed by atoms with Crippen molar-refractivity contribution in [3.63, 3.8) is 0 Å². The van der Waals surface area contributed by atoms with Crippen LogP contribution in [0.4, 0.5) is 28.0 Å². The summed E-state index contributed by atoms with van der Waals surface area (Å²) in [5.41, 5.74) is -0.127. The zero-order valence-corrected chi connectivity index (χ0v) is 19.4. The Hall–Kier alpha value is -3.40. The van der Waals surface area contributed by atoms with E-state index >= 15 is 0 Å². The Morgan fingerprint density at radius 2 is 1.74 bits per heavy atom. The van der Waals surface area contributed by atoms with Crippen molar-refractivity contribution in [3.8, 4) is 0 Å². The van der Waals surface area contributed by atoms with E-state index < -0.39 is 17.8 Å². The van der Waals surface area contributed by atoms with Gasteiger partial charge in [0, 0.05) is 23.2 Å². The number of nitrogens with zero attached hydrogens (tertiary/aromatic N) is 2. The fraction of sp³-hybridized carbons (Fsp3) is 0.280. The molecule has 3 amide bonds. The van der Waals surface area contributed by atoms with E-state index in [2.05, 4.69) is 5.32 Å². The first-order chi connectivity index (χ1) is 16.7. The van der Waals surface area contributed by atoms with Crippen molar-refractivity contribution in [2.75, 3.05) is 11.9 Å². The molecule has 1 aromatic heterocycles. The van der Waals surface area contributed by atoms with Crippen LogP contribution in [0.15, 0.2) is 66.0 Å². The van der Waals surface area contributed by atoms with Crippen LogP contribution in [0.3, 0.4) is 0 Å². The number of carbonyl (C=O) groups excluding carboxylic acids is 2. The summed E-state index contributed by atoms with van der Waals surface area (Å²) in [6.07, 6.45) is -3.10. The molecule has 1 aliphatic rings. The van der Waals surface area contributed by atoms with Gasteiger partial charge >= 0.3 is 12.2 Å². The lowest BCUT2D eigenvalue weighted by molar-refractivity contribution is -0.137. The molecule has 1 aliphatic carbocycles. The average molecular weight is 506 g/mol. The van der Waals surface area contributed by atoms with E-state index in [0.717, 1.165) is 22.6 Å². The number of rotatable bonds is 8. The molecule has 5 nitrogen and oxygen atoms in total. The van der Waals surface area contributed by atoms with Gasteiger partial charge in [0.15, 0.2) is 0 Å². The molecule has 3 aromatic rings. The molecule has 0 aliphatic heterocycles. The SMILES string of the molecule is O=C(CN(C(=O)Nc1cccc(C(F)(F)F)c1)C1CC1)N(Cc1ccc(F)cc1)Cc1cccs1. The Kier molecular flexibility index (Phi) is 7.39. The first kappa shape index (κ1) is 24.7. The molecule has 1 fully saturated rings. The fourth-order valence-electron chi connectivity index (χ4n) is 3.60. The Morgan fingerprint density at radius 3 is 2.37 bits per heavy atom. The lowest BCUT2D eigenvalue weighted by Crippen LogP contribution is -2.45. The number of nitrogens with one attached hydrogen (secondary N) is 1. The maximum Gasteiger partial charge on any atom is 0.416 e. The average Bonchev–Trinajstić information content (AvgIpc) is 3.53. The third-order valence-electron chi connectivity index (χ3n) is 5.56. The molecule has 0 atom stereocenters. The van der Waals surface area contributed by atoms with E-state index in [-0.39, 0.29) is 36.5 Å². The van der Waals surface area contributed by atoms with Crippen molar-refractivity contribution < 1.29 is 27.2 Å². The molecule has 2 aromatic carbocycles. The highest BCUT2D eigenvalue weighted by Gasteiger charge is 2.35. The minimum atomic E-state index is -4.53. The number of thiophene rings is 1. The van der Waals surface area contributed by atoms with Crippen LogP contribution in [-0.2, 0) is 24.1 Å². The zero-order chi connectivity index (χ0) is 25.0. The Bertz CT molecular complexity index is 1160. The summed E-state index contributed by atoms with van der Waals surface area (Å²) in [7, 11) is 0. The zero-order valence-electron chi connectivity index (χ0n) is 18.6. The third-order valence-corrected chi connectivity index (χ3v) is 6.42. The summed E-state index contributed by atoms with van der Waals surface area (Å²) in [4.78, 5) is 30.2. The predicted molar refractivity (Wildman–Crippen MR) is 125 cm³/mol. The van der Waals surface area contributed by atoms with E-state index in [0.29, 0.717) is 19.4 Å². The molecule has 0 radical (unpaired) electrons. The van der Waals surface area contributed by atoms with Gasteiger partial charge in [-0.2, -0.15) is 13.2 Å². The number of halogens is 4. The topological polar surface area (TPSA) is 52.7 Å². The van der Waals surface area contributed by atoms with Crippen molar-refractivity contribution in [1.29, 1.82) is 0 Å². The second-order valence-electron chi connectivity index (χ2n) is 8.32. The molecule has 0 bridgehead atoms. The first-order valence-electron chi connectivity index (χ1n) is 11.0. The Morgan fingerprint density at radius 1 is 1.00 bits per heavy atom. The van der Waals surface area contributed by atoms with Gasteiger partial charge in [-0.25, -0.2) is 9.18 Å². The van der Waals surface area contributed by atoms with Gasteiger partial charge in [0.25, 0.3) is 0 Å². The summed E-state index contributed by atoms with van der Waals surface area (Å²) in [6, 6.07) is 13.2. The molecular formula is C25H23F4N3O2S. The minimum Gasteiger partial charge on any atom is -0.332 e. The van der Waals surface area contributed by atoms with Gasteiger partial charge in [0.05, 0.1) is 12.1 Å². The Labute approximate surface area is 204 Å². The van der Waals surface area contributed by atoms with Crippen LogP contribution in [0.5, 0.6) is 0 Å². The van der Waals surface area contributed by atoms with Crippen LogP contribution in [0.25, 0.3) is 0 Å². The van der Waals surface area contributed by atoms with E-state index in [1.165, 1.54) is 40.5 Å². The molecule has 0 saturated heterocycles. The number of amides is 3. The predicted octanol–water partition coefficient (Wildman–Crippen LogP) is 6.13. The van der Waals surface area contributed by atoms with Crippen molar-refractivity contribution in [2.24, 2.45) is 0 Å². The smallest absolute Gasteiger partial charge is 0.332 e. The molecule has 1 saturated carbocycles. The van der Waals surface area contributed by atoms with E-state index in [1.54, 1.807) is 17.0 Å². The highest BCUT2D eigenvalue weighted by Crippen LogP contribution is 2.31. The normalized spacial score (nSPS) is 13.4. The van der Waals surface area contributed by atoms with Gasteiger partial charge in [-0.15, -0.1) is 11.3 Å². The Balaban J connectivity index is 1.48. The number of anilines is 1. The second kappa shape index (κ2) is 10.5. The number of alkyl halides is 3. The van der Waals surface area contributed by atoms with E-state index in [9.17, 15) is 27.2 Å². The first-order valence-corrected chi connectivity index (χ1v) is 11.9. The van der Waals surface area contributed by atoms with E-state index in [4.69, 9.17) is 0 Å². The van der Waals surface area contributed by atoms with Crippen molar-refractivity contribution in [1.82, 2.24) is 9.80 Å². The number of carbonyl (C=O) groups is 2. The van der Waals surface area contributed by atoms with E-state index in [1.807, 2.05) is 17.5 Å². The van der Waals surface area contributed by atoms with Gasteiger partial charge in [0.1, 0.15) is 12.4 Å². The largest absolute Gasteiger partial charge is 0.416 e. The van der Waals surface area contributed by atoms with Crippen molar-refractivity contribution >= 4 is 29.0 Å². The monoisotopic (exact) mass is 505 g/mol. The summed E-state index contributed by atoms with van der Waals surface area (Å²) in [5, 5.41) is 4.40. The quantitative estimate of drug-likeness (QED) is 0.375. The molecule has 10 heteroatoms. The van der Waals surface area contributed by atoms with Gasteiger partial charge < -0.3 is 15.1 Å². The standard InChI is InChI=1S/C25H23F4N3O2S/c26-19-8-6-17(7-9-19)14-31(15-22-5-2-12-35-22)23(33)16-32(21-10-11-21)24(34)30-20-4-1-3-18(13-20)25(27,28)29/h1-9,12-13,21H,10-11,14-16H2,(H,30,34). The van der Waals surface area contributed by atoms with Crippen LogP contribution in [0.1, 0.15) is 28.8 Å². The summed E-state index contributed by atoms with van der Waals surface area (Å²) >= 11 is 1.49. The van der Waals surface area contributed by atoms with Crippen molar-refractivity contribution in [3.05, 3.63) is 87.9 Å². The van der Waals surface area contributed by atoms with Gasteiger partial charge in [-0.05, 0) is 60.2 Å². The van der Waals surface area contributed by atoms with Gasteiger partial charge in [0.2, 0.25) is 5.91 Å². The number of benzene rings is 2. The van der Waals surface area contributed by atoms with Crippen LogP contribution in [0, 0.1) is 5.82 Å². The lowest BCUT2D eigenvalue weighted by atomic mass is 10.2. The summed E-state index contributed by atoms with van der Waals surface area (Å²) < 4.78 is 52.4. The van der Waals surface area contributed by atoms with Crippen molar-refractivity contribution in [2.45, 2.75) is 38.1 Å². The highest BCUT2D eigenvalue weighted by atomic mass is 32.1. The lowest BCUT2D eigenvalue weighted by Gasteiger charge is -2.28. The molecule has 4 rings (SSSR count). The van der Waals surface area contributed by atoms with Crippen LogP contribution >= 0.6 is 11.3 Å². The highest BCUT2D eigenvalue weighted by molar-refractivity contribution is 7.09. The molecule has 184 valence electrons. The summed E-state index contributed by atoms with van der Waals surface area (Å²) in [5.74, 6) is -0.690. The maximum atomic E-state index is 13.3.